The molecule has 0 aliphatic carbocycles. The van der Waals surface area contributed by atoms with Gasteiger partial charge in [0.25, 0.3) is 0 Å². The van der Waals surface area contributed by atoms with Gasteiger partial charge in [-0.05, 0) is 24.1 Å². The van der Waals surface area contributed by atoms with Gasteiger partial charge in [0.15, 0.2) is 0 Å². The summed E-state index contributed by atoms with van der Waals surface area (Å²) in [6.45, 7) is 6.47. The Morgan fingerprint density at radius 1 is 1.40 bits per heavy atom. The van der Waals surface area contributed by atoms with Crippen LogP contribution in [0.25, 0.3) is 0 Å². The first kappa shape index (κ1) is 20.0. The van der Waals surface area contributed by atoms with Gasteiger partial charge in [-0.3, -0.25) is 15.0 Å². The molecule has 1 heterocycles. The molecule has 1 N–H and O–H groups in total. The fourth-order valence-electron chi connectivity index (χ4n) is 3.42. The zero-order valence-corrected chi connectivity index (χ0v) is 16.9. The second-order valence-corrected chi connectivity index (χ2v) is 14.1. The van der Waals surface area contributed by atoms with Gasteiger partial charge in [-0.25, -0.2) is 4.79 Å². The zero-order valence-electron chi connectivity index (χ0n) is 14.4. The van der Waals surface area contributed by atoms with E-state index in [1.807, 2.05) is 0 Å². The Hall–Kier alpha value is -1.31. The van der Waals surface area contributed by atoms with Gasteiger partial charge in [0.05, 0.1) is 12.5 Å². The topological polar surface area (TPSA) is 83.7 Å². The van der Waals surface area contributed by atoms with Crippen LogP contribution in [0.5, 0.6) is 0 Å². The van der Waals surface area contributed by atoms with E-state index in [4.69, 9.17) is 23.2 Å². The number of hydrogen-bond donors (Lipinski definition) is 1. The summed E-state index contributed by atoms with van der Waals surface area (Å²) in [5.41, 5.74) is 0.595. The summed E-state index contributed by atoms with van der Waals surface area (Å²) in [5.74, 6) is -0.577. The van der Waals surface area contributed by atoms with E-state index in [1.165, 1.54) is 4.90 Å². The molecule has 0 radical (unpaired) electrons. The van der Waals surface area contributed by atoms with Crippen molar-refractivity contribution in [1.82, 2.24) is 4.90 Å². The van der Waals surface area contributed by atoms with Crippen molar-refractivity contribution in [2.24, 2.45) is 0 Å². The maximum absolute atomic E-state index is 11.7. The van der Waals surface area contributed by atoms with Crippen LogP contribution in [-0.2, 0) is 0 Å². The fourth-order valence-corrected chi connectivity index (χ4v) is 5.12. The van der Waals surface area contributed by atoms with Gasteiger partial charge in [-0.1, -0.05) is 55.0 Å². The van der Waals surface area contributed by atoms with Crippen LogP contribution in [0.1, 0.15) is 17.9 Å². The lowest BCUT2D eigenvalue weighted by molar-refractivity contribution is -0.521. The predicted octanol–water partition coefficient (Wildman–Crippen LogP) is 4.81. The minimum absolute atomic E-state index is 0.123. The van der Waals surface area contributed by atoms with E-state index in [1.54, 1.807) is 18.2 Å². The van der Waals surface area contributed by atoms with Crippen LogP contribution < -0.4 is 0 Å². The van der Waals surface area contributed by atoms with Gasteiger partial charge in [-0.15, -0.1) is 0 Å². The third-order valence-corrected chi connectivity index (χ3v) is 6.99. The highest BCUT2D eigenvalue weighted by Crippen LogP contribution is 2.41. The van der Waals surface area contributed by atoms with E-state index < -0.39 is 32.2 Å². The van der Waals surface area contributed by atoms with Crippen LogP contribution in [0.3, 0.4) is 0 Å². The number of rotatable bonds is 5. The van der Waals surface area contributed by atoms with Crippen molar-refractivity contribution in [3.8, 4) is 0 Å². The molecular weight excluding hydrogens is 383 g/mol. The van der Waals surface area contributed by atoms with Crippen molar-refractivity contribution in [3.63, 3.8) is 0 Å². The summed E-state index contributed by atoms with van der Waals surface area (Å²) in [5, 5.41) is 21.9. The fraction of sp³-hybridized carbons (Fsp3) is 0.562. The SMILES string of the molecule is C[Si](C)(C)CCC1C(c2ccc(Cl)cc2Cl)C([N+](=O)[O-])CN1C(=O)O. The molecule has 0 spiro atoms. The molecular formula is C16H22Cl2N2O4Si. The molecule has 2 rings (SSSR count). The average Bonchev–Trinajstić information content (AvgIpc) is 2.84. The van der Waals surface area contributed by atoms with Crippen LogP contribution in [-0.4, -0.2) is 47.7 Å². The highest BCUT2D eigenvalue weighted by molar-refractivity contribution is 6.76. The molecule has 1 saturated heterocycles. The maximum Gasteiger partial charge on any atom is 0.407 e. The van der Waals surface area contributed by atoms with E-state index in [9.17, 15) is 20.0 Å². The molecule has 1 aromatic rings. The third-order valence-electron chi connectivity index (χ3n) is 4.64. The number of carbonyl (C=O) groups is 1. The maximum atomic E-state index is 11.7. The van der Waals surface area contributed by atoms with Crippen molar-refractivity contribution in [2.45, 2.75) is 50.1 Å². The molecule has 0 bridgehead atoms. The van der Waals surface area contributed by atoms with Crippen molar-refractivity contribution < 1.29 is 14.8 Å². The zero-order chi connectivity index (χ0) is 18.9. The molecule has 138 valence electrons. The van der Waals surface area contributed by atoms with E-state index in [0.29, 0.717) is 22.0 Å². The monoisotopic (exact) mass is 404 g/mol. The van der Waals surface area contributed by atoms with E-state index in [-0.39, 0.29) is 11.5 Å². The van der Waals surface area contributed by atoms with Crippen LogP contribution in [0.4, 0.5) is 4.79 Å². The number of carboxylic acid groups (broad SMARTS) is 1. The van der Waals surface area contributed by atoms with Crippen molar-refractivity contribution in [2.75, 3.05) is 6.54 Å². The Kier molecular flexibility index (Phi) is 6.01. The molecule has 1 fully saturated rings. The van der Waals surface area contributed by atoms with Crippen LogP contribution in [0.15, 0.2) is 18.2 Å². The third kappa shape index (κ3) is 4.65. The highest BCUT2D eigenvalue weighted by atomic mass is 35.5. The van der Waals surface area contributed by atoms with Crippen molar-refractivity contribution in [1.29, 1.82) is 0 Å². The lowest BCUT2D eigenvalue weighted by Gasteiger charge is -2.28. The minimum atomic E-state index is -1.43. The summed E-state index contributed by atoms with van der Waals surface area (Å²) >= 11 is 12.2. The normalized spacial score (nSPS) is 23.7. The number of halogens is 2. The van der Waals surface area contributed by atoms with Gasteiger partial charge >= 0.3 is 6.09 Å². The molecule has 1 amide bonds. The number of likely N-dealkylation sites (tertiary alicyclic amines) is 1. The molecule has 0 aromatic heterocycles. The van der Waals surface area contributed by atoms with Crippen LogP contribution in [0.2, 0.25) is 35.7 Å². The second kappa shape index (κ2) is 7.51. The molecule has 0 saturated carbocycles. The summed E-state index contributed by atoms with van der Waals surface area (Å²) in [4.78, 5) is 24.1. The Labute approximate surface area is 157 Å². The Bertz CT molecular complexity index is 681. The van der Waals surface area contributed by atoms with Gasteiger partial charge < -0.3 is 5.11 Å². The first-order valence-electron chi connectivity index (χ1n) is 8.09. The quantitative estimate of drug-likeness (QED) is 0.433. The number of nitro groups is 1. The molecule has 9 heteroatoms. The Morgan fingerprint density at radius 3 is 2.52 bits per heavy atom. The standard InChI is InChI=1S/C16H22Cl2N2O4Si/c1-25(2,3)7-6-13-15(11-5-4-10(17)8-12(11)18)14(20(23)24)9-19(13)16(21)22/h4-5,8,13-15H,6-7,9H2,1-3H3,(H,21,22). The van der Waals surface area contributed by atoms with E-state index in [2.05, 4.69) is 19.6 Å². The summed E-state index contributed by atoms with van der Waals surface area (Å²) in [6, 6.07) is 4.28. The summed E-state index contributed by atoms with van der Waals surface area (Å²) in [7, 11) is -1.43. The summed E-state index contributed by atoms with van der Waals surface area (Å²) < 4.78 is 0. The average molecular weight is 405 g/mol. The molecule has 1 aromatic carbocycles. The smallest absolute Gasteiger partial charge is 0.407 e. The minimum Gasteiger partial charge on any atom is -0.465 e. The Morgan fingerprint density at radius 2 is 2.04 bits per heavy atom. The van der Waals surface area contributed by atoms with Gasteiger partial charge in [0, 0.05) is 29.1 Å². The molecule has 25 heavy (non-hydrogen) atoms. The molecule has 3 atom stereocenters. The number of nitrogens with zero attached hydrogens (tertiary/aromatic N) is 2. The Balaban J connectivity index is 2.46. The molecule has 1 aliphatic heterocycles. The second-order valence-electron chi connectivity index (χ2n) is 7.65. The number of hydrogen-bond acceptors (Lipinski definition) is 3. The van der Waals surface area contributed by atoms with E-state index >= 15 is 0 Å². The molecule has 1 aliphatic rings. The van der Waals surface area contributed by atoms with Crippen LogP contribution in [0, 0.1) is 10.1 Å². The van der Waals surface area contributed by atoms with Crippen molar-refractivity contribution >= 4 is 37.4 Å². The van der Waals surface area contributed by atoms with Crippen molar-refractivity contribution in [3.05, 3.63) is 43.9 Å². The van der Waals surface area contributed by atoms with Gasteiger partial charge in [-0.2, -0.15) is 0 Å². The largest absolute Gasteiger partial charge is 0.465 e. The lowest BCUT2D eigenvalue weighted by atomic mass is 9.87. The first-order valence-corrected chi connectivity index (χ1v) is 12.6. The van der Waals surface area contributed by atoms with E-state index in [0.717, 1.165) is 6.04 Å². The number of amides is 1. The van der Waals surface area contributed by atoms with Gasteiger partial charge in [0.2, 0.25) is 6.04 Å². The molecule has 3 unspecified atom stereocenters. The van der Waals surface area contributed by atoms with Gasteiger partial charge in [0.1, 0.15) is 0 Å². The summed E-state index contributed by atoms with van der Waals surface area (Å²) in [6.07, 6.45) is -0.532. The highest BCUT2D eigenvalue weighted by Gasteiger charge is 2.51. The predicted molar refractivity (Wildman–Crippen MR) is 101 cm³/mol. The number of benzene rings is 1. The first-order chi connectivity index (χ1) is 11.5. The van der Waals surface area contributed by atoms with Crippen LogP contribution >= 0.6 is 23.2 Å². The molecule has 6 nitrogen and oxygen atoms in total. The lowest BCUT2D eigenvalue weighted by Crippen LogP contribution is -2.37.